The molecule has 0 aromatic heterocycles. The van der Waals surface area contributed by atoms with Gasteiger partial charge in [0.25, 0.3) is 0 Å². The first-order valence-corrected chi connectivity index (χ1v) is 8.39. The first kappa shape index (κ1) is 10.1. The van der Waals surface area contributed by atoms with E-state index in [-0.39, 0.29) is 0 Å². The van der Waals surface area contributed by atoms with Gasteiger partial charge in [0, 0.05) is 7.11 Å². The molecular weight excluding hydrogens is 260 g/mol. The largest absolute Gasteiger partial charge is 0.583 e. The number of hydrogen-bond acceptors (Lipinski definition) is 2. The number of halogens is 2. The molecule has 0 radical (unpaired) electrons. The Morgan fingerprint density at radius 1 is 1.33 bits per heavy atom. The van der Waals surface area contributed by atoms with Crippen molar-refractivity contribution < 1.29 is 8.85 Å². The minimum Gasteiger partial charge on any atom is -0.502 e. The smallest absolute Gasteiger partial charge is 0.502 e. The molecule has 0 spiro atoms. The Labute approximate surface area is 85.0 Å². The molecule has 0 saturated heterocycles. The molecule has 0 aliphatic rings. The summed E-state index contributed by atoms with van der Waals surface area (Å²) in [5, 5.41) is 0. The third-order valence-electron chi connectivity index (χ3n) is 1.22. The van der Waals surface area contributed by atoms with E-state index in [4.69, 9.17) is 19.9 Å². The molecule has 5 heteroatoms. The first-order valence-electron chi connectivity index (χ1n) is 3.31. The molecule has 66 valence electrons. The third kappa shape index (κ3) is 3.14. The average molecular weight is 268 g/mol. The molecule has 0 heterocycles. The summed E-state index contributed by atoms with van der Waals surface area (Å²) in [6.45, 7) is -2.63. The minimum absolute atomic E-state index is 0.706. The van der Waals surface area contributed by atoms with Gasteiger partial charge in [-0.25, -0.2) is 0 Å². The highest BCUT2D eigenvalue weighted by Gasteiger charge is 2.33. The molecular formula is C7H8BrClO2Si. The van der Waals surface area contributed by atoms with Gasteiger partial charge in [0.1, 0.15) is 5.75 Å². The van der Waals surface area contributed by atoms with Crippen LogP contribution >= 0.6 is 26.4 Å². The second-order valence-electron chi connectivity index (χ2n) is 2.08. The molecule has 0 N–H and O–H groups in total. The van der Waals surface area contributed by atoms with Crippen molar-refractivity contribution in [3.05, 3.63) is 30.3 Å². The summed E-state index contributed by atoms with van der Waals surface area (Å²) in [6, 6.07) is 9.30. The van der Waals surface area contributed by atoms with Crippen molar-refractivity contribution in [1.82, 2.24) is 0 Å². The molecule has 12 heavy (non-hydrogen) atoms. The zero-order valence-corrected chi connectivity index (χ0v) is 9.80. The molecule has 0 saturated carbocycles. The summed E-state index contributed by atoms with van der Waals surface area (Å²) in [4.78, 5) is 0. The van der Waals surface area contributed by atoms with E-state index >= 15 is 0 Å². The van der Waals surface area contributed by atoms with E-state index in [1.165, 1.54) is 7.11 Å². The maximum Gasteiger partial charge on any atom is 0.583 e. The summed E-state index contributed by atoms with van der Waals surface area (Å²) < 4.78 is 10.3. The van der Waals surface area contributed by atoms with Crippen LogP contribution in [0.15, 0.2) is 30.3 Å². The van der Waals surface area contributed by atoms with Crippen molar-refractivity contribution >= 4 is 32.9 Å². The lowest BCUT2D eigenvalue weighted by molar-refractivity contribution is 0.349. The highest BCUT2D eigenvalue weighted by Crippen LogP contribution is 2.23. The van der Waals surface area contributed by atoms with Gasteiger partial charge in [0.15, 0.2) is 0 Å². The van der Waals surface area contributed by atoms with E-state index in [0.717, 1.165) is 0 Å². The molecule has 1 aromatic carbocycles. The second-order valence-corrected chi connectivity index (χ2v) is 9.62. The van der Waals surface area contributed by atoms with Crippen LogP contribution in [-0.4, -0.2) is 13.6 Å². The molecule has 1 unspecified atom stereocenters. The summed E-state index contributed by atoms with van der Waals surface area (Å²) in [5.74, 6) is 0.706. The van der Waals surface area contributed by atoms with E-state index in [2.05, 4.69) is 15.3 Å². The number of benzene rings is 1. The Morgan fingerprint density at radius 2 is 1.92 bits per heavy atom. The Hall–Kier alpha value is -0.0331. The monoisotopic (exact) mass is 266 g/mol. The fourth-order valence-corrected chi connectivity index (χ4v) is 1.99. The number of para-hydroxylation sites is 1. The van der Waals surface area contributed by atoms with E-state index in [9.17, 15) is 0 Å². The van der Waals surface area contributed by atoms with E-state index in [1.54, 1.807) is 0 Å². The van der Waals surface area contributed by atoms with Gasteiger partial charge < -0.3 is 8.85 Å². The van der Waals surface area contributed by atoms with E-state index in [0.29, 0.717) is 5.75 Å². The maximum absolute atomic E-state index is 5.87. The lowest BCUT2D eigenvalue weighted by Crippen LogP contribution is -2.30. The van der Waals surface area contributed by atoms with Crippen LogP contribution in [0, 0.1) is 0 Å². The topological polar surface area (TPSA) is 18.5 Å². The van der Waals surface area contributed by atoms with Crippen LogP contribution in [-0.2, 0) is 4.43 Å². The molecule has 0 aliphatic carbocycles. The zero-order chi connectivity index (χ0) is 9.03. The van der Waals surface area contributed by atoms with Gasteiger partial charge in [-0.15, -0.1) is 0 Å². The van der Waals surface area contributed by atoms with Gasteiger partial charge in [0.2, 0.25) is 0 Å². The van der Waals surface area contributed by atoms with Crippen LogP contribution in [0.3, 0.4) is 0 Å². The van der Waals surface area contributed by atoms with Crippen molar-refractivity contribution in [2.75, 3.05) is 7.11 Å². The summed E-state index contributed by atoms with van der Waals surface area (Å²) in [5.41, 5.74) is 0. The predicted molar refractivity (Wildman–Crippen MR) is 54.6 cm³/mol. The normalized spacial score (nSPS) is 15.2. The Kier molecular flexibility index (Phi) is 3.58. The minimum atomic E-state index is -2.63. The molecule has 1 atom stereocenters. The fourth-order valence-electron chi connectivity index (χ4n) is 0.667. The molecule has 0 amide bonds. The van der Waals surface area contributed by atoms with Crippen LogP contribution in [0.1, 0.15) is 0 Å². The lowest BCUT2D eigenvalue weighted by Gasteiger charge is -2.15. The van der Waals surface area contributed by atoms with Gasteiger partial charge in [-0.3, -0.25) is 0 Å². The fraction of sp³-hybridized carbons (Fsp3) is 0.143. The standard InChI is InChI=1S/C7H8BrClO2Si/c1-10-12(8,9)11-7-5-3-2-4-6-7/h2-6H,1H3. The SMILES string of the molecule is CO[Si](Cl)(Br)Oc1ccccc1. The molecule has 0 bridgehead atoms. The van der Waals surface area contributed by atoms with Crippen molar-refractivity contribution in [3.8, 4) is 5.75 Å². The highest BCUT2D eigenvalue weighted by molar-refractivity contribution is 9.26. The molecule has 0 fully saturated rings. The summed E-state index contributed by atoms with van der Waals surface area (Å²) in [7, 11) is 1.51. The maximum atomic E-state index is 5.87. The van der Waals surface area contributed by atoms with Crippen molar-refractivity contribution in [3.63, 3.8) is 0 Å². The first-order chi connectivity index (χ1) is 5.64. The lowest BCUT2D eigenvalue weighted by atomic mass is 10.3. The van der Waals surface area contributed by atoms with Crippen LogP contribution in [0.25, 0.3) is 0 Å². The van der Waals surface area contributed by atoms with Gasteiger partial charge in [-0.05, 0) is 27.4 Å². The molecule has 0 aliphatic heterocycles. The number of rotatable bonds is 3. The molecule has 1 rings (SSSR count). The van der Waals surface area contributed by atoms with Crippen molar-refractivity contribution in [2.45, 2.75) is 0 Å². The van der Waals surface area contributed by atoms with Crippen LogP contribution in [0.4, 0.5) is 0 Å². The van der Waals surface area contributed by atoms with Crippen molar-refractivity contribution in [2.24, 2.45) is 0 Å². The Bertz CT molecular complexity index is 242. The highest BCUT2D eigenvalue weighted by atomic mass is 79.9. The van der Waals surface area contributed by atoms with Gasteiger partial charge >= 0.3 is 6.49 Å². The quantitative estimate of drug-likeness (QED) is 0.619. The second kappa shape index (κ2) is 4.27. The predicted octanol–water partition coefficient (Wildman–Crippen LogP) is 2.78. The van der Waals surface area contributed by atoms with Gasteiger partial charge in [-0.1, -0.05) is 29.3 Å². The Balaban J connectivity index is 2.64. The third-order valence-corrected chi connectivity index (χ3v) is 4.32. The van der Waals surface area contributed by atoms with Crippen LogP contribution in [0.2, 0.25) is 0 Å². The molecule has 1 aromatic rings. The van der Waals surface area contributed by atoms with Crippen LogP contribution in [0.5, 0.6) is 5.75 Å². The van der Waals surface area contributed by atoms with Crippen molar-refractivity contribution in [1.29, 1.82) is 0 Å². The summed E-state index contributed by atoms with van der Waals surface area (Å²) >= 11 is 9.04. The Morgan fingerprint density at radius 3 is 2.42 bits per heavy atom. The number of hydrogen-bond donors (Lipinski definition) is 0. The average Bonchev–Trinajstić information content (AvgIpc) is 2.06. The summed E-state index contributed by atoms with van der Waals surface area (Å²) in [6.07, 6.45) is 0. The molecule has 2 nitrogen and oxygen atoms in total. The van der Waals surface area contributed by atoms with Gasteiger partial charge in [0.05, 0.1) is 0 Å². The van der Waals surface area contributed by atoms with E-state index in [1.807, 2.05) is 30.3 Å². The van der Waals surface area contributed by atoms with Crippen LogP contribution < -0.4 is 4.43 Å². The van der Waals surface area contributed by atoms with Gasteiger partial charge in [-0.2, -0.15) is 0 Å². The zero-order valence-electron chi connectivity index (χ0n) is 6.46. The van der Waals surface area contributed by atoms with E-state index < -0.39 is 6.49 Å².